The van der Waals surface area contributed by atoms with Gasteiger partial charge in [-0.15, -0.1) is 0 Å². The Morgan fingerprint density at radius 1 is 0.667 bits per heavy atom. The van der Waals surface area contributed by atoms with Gasteiger partial charge in [0.15, 0.2) is 8.46 Å². The topological polar surface area (TPSA) is 77.2 Å². The maximum absolute atomic E-state index is 10.8. The van der Waals surface area contributed by atoms with E-state index in [0.717, 1.165) is 0 Å². The molecular weight excluding hydrogens is 341 g/mol. The van der Waals surface area contributed by atoms with E-state index in [9.17, 15) is 13.0 Å². The van der Waals surface area contributed by atoms with E-state index in [2.05, 4.69) is 48.5 Å². The predicted octanol–water partition coefficient (Wildman–Crippen LogP) is 3.60. The van der Waals surface area contributed by atoms with Crippen LogP contribution in [0.4, 0.5) is 0 Å². The first-order valence-electron chi connectivity index (χ1n) is 7.08. The van der Waals surface area contributed by atoms with Crippen LogP contribution in [0.15, 0.2) is 89.8 Å². The summed E-state index contributed by atoms with van der Waals surface area (Å²) in [5, 5.41) is 5.04. The number of hydrogen-bond acceptors (Lipinski definition) is 3. The van der Waals surface area contributed by atoms with E-state index in [1.807, 2.05) is 12.1 Å². The van der Waals surface area contributed by atoms with Gasteiger partial charge in [-0.2, -0.15) is 0 Å². The quantitative estimate of drug-likeness (QED) is 0.728. The van der Waals surface area contributed by atoms with Crippen molar-refractivity contribution >= 4 is 23.8 Å². The van der Waals surface area contributed by atoms with Crippen molar-refractivity contribution in [2.75, 3.05) is 0 Å². The van der Waals surface area contributed by atoms with Gasteiger partial charge in [-0.25, -0.2) is 13.6 Å². The number of primary sulfonamides is 1. The predicted molar refractivity (Wildman–Crippen MR) is 96.9 cm³/mol. The minimum Gasteiger partial charge on any atom is -0.269 e. The average molecular weight is 357 g/mol. The van der Waals surface area contributed by atoms with Crippen LogP contribution in [0, 0.1) is 0 Å². The molecule has 6 heteroatoms. The van der Waals surface area contributed by atoms with Crippen LogP contribution in [-0.4, -0.2) is 8.42 Å². The molecule has 0 heterocycles. The van der Waals surface area contributed by atoms with Gasteiger partial charge in [-0.3, -0.25) is 4.57 Å². The van der Waals surface area contributed by atoms with E-state index in [4.69, 9.17) is 5.14 Å². The molecule has 0 aliphatic rings. The van der Waals surface area contributed by atoms with Crippen LogP contribution < -0.4 is 10.4 Å². The normalized spacial score (nSPS) is 10.7. The average Bonchev–Trinajstić information content (AvgIpc) is 2.63. The minimum atomic E-state index is -3.75. The van der Waals surface area contributed by atoms with E-state index in [0.29, 0.717) is 0 Å². The lowest BCUT2D eigenvalue weighted by Gasteiger charge is -1.98. The third kappa shape index (κ3) is 5.10. The number of nitrogens with two attached hydrogens (primary N) is 1. The summed E-state index contributed by atoms with van der Waals surface area (Å²) in [6.45, 7) is 0. The second-order valence-electron chi connectivity index (χ2n) is 4.84. The maximum Gasteiger partial charge on any atom is 0.239 e. The van der Waals surface area contributed by atoms with Crippen molar-refractivity contribution in [3.05, 3.63) is 84.9 Å². The van der Waals surface area contributed by atoms with Crippen LogP contribution in [-0.2, 0) is 14.6 Å². The third-order valence-corrected chi connectivity index (χ3v) is 4.86. The van der Waals surface area contributed by atoms with Crippen LogP contribution in [0.2, 0.25) is 0 Å². The summed E-state index contributed by atoms with van der Waals surface area (Å²) in [7, 11) is -4.10. The Labute approximate surface area is 143 Å². The molecule has 3 rings (SSSR count). The highest BCUT2D eigenvalue weighted by Crippen LogP contribution is 2.17. The molecule has 2 N–H and O–H groups in total. The lowest BCUT2D eigenvalue weighted by atomic mass is 10.1. The van der Waals surface area contributed by atoms with Crippen LogP contribution >= 0.6 is 8.46 Å². The molecule has 0 saturated carbocycles. The van der Waals surface area contributed by atoms with Crippen molar-refractivity contribution in [2.45, 2.75) is 4.90 Å². The molecule has 0 saturated heterocycles. The number of rotatable bonds is 3. The molecule has 3 aromatic carbocycles. The molecule has 0 aliphatic heterocycles. The molecule has 0 atom stereocenters. The van der Waals surface area contributed by atoms with Crippen molar-refractivity contribution in [1.29, 1.82) is 0 Å². The van der Waals surface area contributed by atoms with Gasteiger partial charge in [-0.05, 0) is 23.3 Å². The Kier molecular flexibility index (Phi) is 6.38. The highest BCUT2D eigenvalue weighted by molar-refractivity contribution is 7.89. The molecule has 0 amide bonds. The highest BCUT2D eigenvalue weighted by atomic mass is 32.2. The molecule has 122 valence electrons. The standard InChI is InChI=1S/C12H10.C6H6NO3PS/c1-3-7-11(8-4-1)12-9-5-2-6-10-12;7-12(9,10)6-4-2-1-3-5(6)11-8/h1-10H;1-4H,(H2,7,9,10). The van der Waals surface area contributed by atoms with Gasteiger partial charge >= 0.3 is 0 Å². The Bertz CT molecular complexity index is 860. The molecule has 0 spiro atoms. The Morgan fingerprint density at radius 3 is 1.46 bits per heavy atom. The zero-order valence-electron chi connectivity index (χ0n) is 12.7. The van der Waals surface area contributed by atoms with E-state index < -0.39 is 10.0 Å². The number of benzene rings is 3. The van der Waals surface area contributed by atoms with Crippen molar-refractivity contribution in [3.63, 3.8) is 0 Å². The second kappa shape index (κ2) is 8.50. The van der Waals surface area contributed by atoms with Crippen molar-refractivity contribution in [3.8, 4) is 11.1 Å². The zero-order chi connectivity index (χ0) is 17.4. The fraction of sp³-hybridized carbons (Fsp3) is 0. The van der Waals surface area contributed by atoms with Gasteiger partial charge in [0.1, 0.15) is 0 Å². The first-order chi connectivity index (χ1) is 11.5. The number of sulfonamides is 1. The van der Waals surface area contributed by atoms with Crippen molar-refractivity contribution < 1.29 is 13.0 Å². The summed E-state index contributed by atoms with van der Waals surface area (Å²) >= 11 is 0. The summed E-state index contributed by atoms with van der Waals surface area (Å²) < 4.78 is 32.1. The summed E-state index contributed by atoms with van der Waals surface area (Å²) in [4.78, 5) is -0.0957. The monoisotopic (exact) mass is 357 g/mol. The molecule has 0 unspecified atom stereocenters. The second-order valence-corrected chi connectivity index (χ2v) is 7.03. The van der Waals surface area contributed by atoms with Crippen LogP contribution in [0.1, 0.15) is 0 Å². The molecule has 0 radical (unpaired) electrons. The summed E-state index contributed by atoms with van der Waals surface area (Å²) in [6, 6.07) is 26.6. The van der Waals surface area contributed by atoms with Gasteiger partial charge in [-0.1, -0.05) is 72.8 Å². The number of hydrogen-bond donors (Lipinski definition) is 1. The largest absolute Gasteiger partial charge is 0.269 e. The zero-order valence-corrected chi connectivity index (χ0v) is 14.5. The van der Waals surface area contributed by atoms with E-state index >= 15 is 0 Å². The van der Waals surface area contributed by atoms with Gasteiger partial charge in [0.05, 0.1) is 10.2 Å². The van der Waals surface area contributed by atoms with Crippen molar-refractivity contribution in [2.24, 2.45) is 5.14 Å². The van der Waals surface area contributed by atoms with Crippen LogP contribution in [0.5, 0.6) is 0 Å². The Hall–Kier alpha value is -2.33. The molecule has 0 bridgehead atoms. The molecule has 0 aliphatic carbocycles. The van der Waals surface area contributed by atoms with Gasteiger partial charge in [0, 0.05) is 0 Å². The van der Waals surface area contributed by atoms with Crippen molar-refractivity contribution in [1.82, 2.24) is 0 Å². The summed E-state index contributed by atoms with van der Waals surface area (Å²) in [5.74, 6) is 0. The fourth-order valence-corrected chi connectivity index (χ4v) is 3.47. The molecule has 0 aromatic heterocycles. The van der Waals surface area contributed by atoms with E-state index in [1.165, 1.54) is 29.3 Å². The lowest BCUT2D eigenvalue weighted by Crippen LogP contribution is -2.18. The summed E-state index contributed by atoms with van der Waals surface area (Å²) in [5.41, 5.74) is 2.55. The fourth-order valence-electron chi connectivity index (χ4n) is 2.03. The van der Waals surface area contributed by atoms with Gasteiger partial charge in [0.2, 0.25) is 10.0 Å². The minimum absolute atomic E-state index is 0.0957. The molecule has 0 fully saturated rings. The Balaban J connectivity index is 0.000000174. The van der Waals surface area contributed by atoms with E-state index in [-0.39, 0.29) is 18.7 Å². The lowest BCUT2D eigenvalue weighted by molar-refractivity contribution is 0.595. The third-order valence-electron chi connectivity index (χ3n) is 3.15. The maximum atomic E-state index is 10.8. The van der Waals surface area contributed by atoms with Crippen LogP contribution in [0.25, 0.3) is 11.1 Å². The first-order valence-corrected chi connectivity index (χ1v) is 9.44. The molecule has 4 nitrogen and oxygen atoms in total. The molecule has 24 heavy (non-hydrogen) atoms. The summed E-state index contributed by atoms with van der Waals surface area (Å²) in [6.07, 6.45) is 0. The smallest absolute Gasteiger partial charge is 0.239 e. The van der Waals surface area contributed by atoms with Gasteiger partial charge < -0.3 is 0 Å². The van der Waals surface area contributed by atoms with Crippen LogP contribution in [0.3, 0.4) is 0 Å². The molecule has 3 aromatic rings. The van der Waals surface area contributed by atoms with Gasteiger partial charge in [0.25, 0.3) is 0 Å². The molecular formula is C18H16NO3PS. The van der Waals surface area contributed by atoms with E-state index in [1.54, 1.807) is 6.07 Å². The first kappa shape index (κ1) is 18.0. The Morgan fingerprint density at radius 2 is 1.08 bits per heavy atom. The SMILES string of the molecule is NS(=O)(=O)c1ccccc1P=O.c1ccc(-c2ccccc2)cc1. The highest BCUT2D eigenvalue weighted by Gasteiger charge is 2.12.